The lowest BCUT2D eigenvalue weighted by molar-refractivity contribution is -0.147. The predicted molar refractivity (Wildman–Crippen MR) is 91.9 cm³/mol. The van der Waals surface area contributed by atoms with Gasteiger partial charge in [0, 0.05) is 26.2 Å². The number of nitrogens with zero attached hydrogens (tertiary/aromatic N) is 3. The van der Waals surface area contributed by atoms with Crippen LogP contribution in [-0.4, -0.2) is 77.7 Å². The molecule has 3 aliphatic heterocycles. The third-order valence-electron chi connectivity index (χ3n) is 6.46. The van der Waals surface area contributed by atoms with Gasteiger partial charge in [0.1, 0.15) is 6.54 Å². The molecule has 0 bridgehead atoms. The first-order chi connectivity index (χ1) is 12.5. The Morgan fingerprint density at radius 1 is 1.12 bits per heavy atom. The van der Waals surface area contributed by atoms with E-state index >= 15 is 0 Å². The van der Waals surface area contributed by atoms with Crippen molar-refractivity contribution in [2.24, 2.45) is 11.3 Å². The van der Waals surface area contributed by atoms with Gasteiger partial charge in [-0.3, -0.25) is 19.3 Å². The third-order valence-corrected chi connectivity index (χ3v) is 6.46. The largest absolute Gasteiger partial charge is 0.342 e. The molecule has 4 aliphatic rings. The predicted octanol–water partition coefficient (Wildman–Crippen LogP) is 0.179. The summed E-state index contributed by atoms with van der Waals surface area (Å²) in [7, 11) is 0. The summed E-state index contributed by atoms with van der Waals surface area (Å²) in [5, 5.41) is 2.42. The van der Waals surface area contributed by atoms with Gasteiger partial charge in [-0.05, 0) is 38.0 Å². The zero-order valence-corrected chi connectivity index (χ0v) is 15.0. The van der Waals surface area contributed by atoms with E-state index < -0.39 is 11.4 Å². The van der Waals surface area contributed by atoms with Crippen LogP contribution in [0.4, 0.5) is 4.79 Å². The number of carbonyl (C=O) groups is 4. The summed E-state index contributed by atoms with van der Waals surface area (Å²) in [5.74, 6) is 0.211. The molecule has 4 fully saturated rings. The number of hydrogen-bond donors (Lipinski definition) is 1. The van der Waals surface area contributed by atoms with Crippen molar-refractivity contribution in [2.45, 2.75) is 38.5 Å². The normalized spacial score (nSPS) is 29.5. The Morgan fingerprint density at radius 2 is 1.92 bits per heavy atom. The van der Waals surface area contributed by atoms with Gasteiger partial charge in [-0.1, -0.05) is 6.42 Å². The first-order valence-electron chi connectivity index (χ1n) is 9.64. The van der Waals surface area contributed by atoms with E-state index in [4.69, 9.17) is 0 Å². The fourth-order valence-electron chi connectivity index (χ4n) is 4.63. The zero-order chi connectivity index (χ0) is 18.3. The van der Waals surface area contributed by atoms with Crippen LogP contribution in [0.1, 0.15) is 38.5 Å². The van der Waals surface area contributed by atoms with Crippen molar-refractivity contribution >= 4 is 23.8 Å². The number of nitrogens with one attached hydrogen (secondary N) is 1. The first kappa shape index (κ1) is 17.3. The van der Waals surface area contributed by atoms with Crippen molar-refractivity contribution in [3.63, 3.8) is 0 Å². The second-order valence-corrected chi connectivity index (χ2v) is 8.14. The van der Waals surface area contributed by atoms with E-state index in [9.17, 15) is 19.2 Å². The number of piperidine rings is 1. The number of imide groups is 1. The molecule has 8 heteroatoms. The molecule has 3 saturated heterocycles. The quantitative estimate of drug-likeness (QED) is 0.723. The van der Waals surface area contributed by atoms with Gasteiger partial charge in [0.15, 0.2) is 0 Å². The highest BCUT2D eigenvalue weighted by Gasteiger charge is 2.50. The van der Waals surface area contributed by atoms with Gasteiger partial charge in [-0.2, -0.15) is 0 Å². The number of rotatable bonds is 4. The van der Waals surface area contributed by atoms with Crippen LogP contribution in [-0.2, 0) is 14.4 Å². The fourth-order valence-corrected chi connectivity index (χ4v) is 4.63. The Morgan fingerprint density at radius 3 is 2.58 bits per heavy atom. The Labute approximate surface area is 152 Å². The molecule has 1 atom stereocenters. The standard InChI is InChI=1S/C18H26N4O4/c23-14-9-19-17(26)22(14)11-15(24)21-8-6-18(12-21)5-2-7-20(16(18)25)10-13-3-1-4-13/h13H,1-12H2,(H,19,26)/t18-/m1/s1. The smallest absolute Gasteiger partial charge is 0.325 e. The minimum atomic E-state index is -0.516. The molecule has 1 aliphatic carbocycles. The van der Waals surface area contributed by atoms with Crippen LogP contribution in [0.25, 0.3) is 0 Å². The monoisotopic (exact) mass is 362 g/mol. The third kappa shape index (κ3) is 2.95. The highest BCUT2D eigenvalue weighted by molar-refractivity contribution is 6.04. The second-order valence-electron chi connectivity index (χ2n) is 8.14. The number of hydrogen-bond acceptors (Lipinski definition) is 4. The van der Waals surface area contributed by atoms with Gasteiger partial charge < -0.3 is 15.1 Å². The van der Waals surface area contributed by atoms with Crippen molar-refractivity contribution in [3.05, 3.63) is 0 Å². The molecule has 1 N–H and O–H groups in total. The lowest BCUT2D eigenvalue weighted by Gasteiger charge is -2.42. The minimum absolute atomic E-state index is 0.0509. The van der Waals surface area contributed by atoms with Gasteiger partial charge >= 0.3 is 6.03 Å². The van der Waals surface area contributed by atoms with Gasteiger partial charge in [0.2, 0.25) is 11.8 Å². The molecule has 0 unspecified atom stereocenters. The molecule has 0 aromatic carbocycles. The second kappa shape index (κ2) is 6.55. The Kier molecular flexibility index (Phi) is 4.36. The SMILES string of the molecule is O=C(CN1C(=O)CNC1=O)N1CC[C@]2(CCCN(CC3CCC3)C2=O)C1. The van der Waals surface area contributed by atoms with Gasteiger partial charge in [0.05, 0.1) is 12.0 Å². The van der Waals surface area contributed by atoms with E-state index in [1.165, 1.54) is 19.3 Å². The van der Waals surface area contributed by atoms with Crippen molar-refractivity contribution in [1.82, 2.24) is 20.0 Å². The summed E-state index contributed by atoms with van der Waals surface area (Å²) in [6.45, 7) is 2.33. The molecule has 3 heterocycles. The maximum absolute atomic E-state index is 13.1. The van der Waals surface area contributed by atoms with Crippen molar-refractivity contribution in [3.8, 4) is 0 Å². The van der Waals surface area contributed by atoms with E-state index in [2.05, 4.69) is 5.32 Å². The highest BCUT2D eigenvalue weighted by atomic mass is 16.2. The fraction of sp³-hybridized carbons (Fsp3) is 0.778. The summed E-state index contributed by atoms with van der Waals surface area (Å²) in [5.41, 5.74) is -0.463. The molecular weight excluding hydrogens is 336 g/mol. The topological polar surface area (TPSA) is 90.0 Å². The Bertz CT molecular complexity index is 631. The van der Waals surface area contributed by atoms with Crippen LogP contribution >= 0.6 is 0 Å². The highest BCUT2D eigenvalue weighted by Crippen LogP contribution is 2.41. The molecule has 5 amide bonds. The average molecular weight is 362 g/mol. The lowest BCUT2D eigenvalue weighted by Crippen LogP contribution is -2.52. The van der Waals surface area contributed by atoms with E-state index in [1.54, 1.807) is 4.90 Å². The summed E-state index contributed by atoms with van der Waals surface area (Å²) in [6.07, 6.45) is 6.18. The summed E-state index contributed by atoms with van der Waals surface area (Å²) in [6, 6.07) is -0.516. The number of carbonyl (C=O) groups excluding carboxylic acids is 4. The molecule has 0 aromatic heterocycles. The molecule has 0 aromatic rings. The zero-order valence-electron chi connectivity index (χ0n) is 15.0. The molecule has 0 radical (unpaired) electrons. The van der Waals surface area contributed by atoms with Crippen LogP contribution in [0.3, 0.4) is 0 Å². The van der Waals surface area contributed by atoms with Gasteiger partial charge in [0.25, 0.3) is 5.91 Å². The first-order valence-corrected chi connectivity index (χ1v) is 9.64. The van der Waals surface area contributed by atoms with Crippen molar-refractivity contribution in [1.29, 1.82) is 0 Å². The van der Waals surface area contributed by atoms with E-state index in [0.29, 0.717) is 25.4 Å². The van der Waals surface area contributed by atoms with Gasteiger partial charge in [-0.15, -0.1) is 0 Å². The molecule has 142 valence electrons. The van der Waals surface area contributed by atoms with Crippen LogP contribution in [0.5, 0.6) is 0 Å². The lowest BCUT2D eigenvalue weighted by atomic mass is 9.77. The molecule has 1 spiro atoms. The molecular formula is C18H26N4O4. The Balaban J connectivity index is 1.38. The number of likely N-dealkylation sites (tertiary alicyclic amines) is 2. The molecule has 1 saturated carbocycles. The van der Waals surface area contributed by atoms with Crippen molar-refractivity contribution < 1.29 is 19.2 Å². The van der Waals surface area contributed by atoms with E-state index in [1.807, 2.05) is 4.90 Å². The summed E-state index contributed by atoms with van der Waals surface area (Å²) < 4.78 is 0. The van der Waals surface area contributed by atoms with Crippen LogP contribution in [0.15, 0.2) is 0 Å². The summed E-state index contributed by atoms with van der Waals surface area (Å²) >= 11 is 0. The number of urea groups is 1. The Hall–Kier alpha value is -2.12. The molecule has 8 nitrogen and oxygen atoms in total. The maximum Gasteiger partial charge on any atom is 0.325 e. The molecule has 26 heavy (non-hydrogen) atoms. The van der Waals surface area contributed by atoms with E-state index in [-0.39, 0.29) is 30.8 Å². The van der Waals surface area contributed by atoms with Gasteiger partial charge in [-0.25, -0.2) is 4.79 Å². The summed E-state index contributed by atoms with van der Waals surface area (Å²) in [4.78, 5) is 53.6. The number of amides is 5. The average Bonchev–Trinajstić information content (AvgIpc) is 3.14. The van der Waals surface area contributed by atoms with Crippen LogP contribution in [0, 0.1) is 11.3 Å². The minimum Gasteiger partial charge on any atom is -0.342 e. The van der Waals surface area contributed by atoms with Crippen LogP contribution < -0.4 is 5.32 Å². The maximum atomic E-state index is 13.1. The van der Waals surface area contributed by atoms with Crippen LogP contribution in [0.2, 0.25) is 0 Å². The van der Waals surface area contributed by atoms with E-state index in [0.717, 1.165) is 30.8 Å². The van der Waals surface area contributed by atoms with Crippen molar-refractivity contribution in [2.75, 3.05) is 39.3 Å². The molecule has 4 rings (SSSR count).